The van der Waals surface area contributed by atoms with E-state index < -0.39 is 20.1 Å². The van der Waals surface area contributed by atoms with Crippen LogP contribution in [-0.2, 0) is 66.1 Å². The predicted molar refractivity (Wildman–Crippen MR) is 204 cm³/mol. The van der Waals surface area contributed by atoms with E-state index in [0.29, 0.717) is 151 Å². The molecule has 0 aliphatic carbocycles. The van der Waals surface area contributed by atoms with Gasteiger partial charge in [0.05, 0.1) is 152 Å². The van der Waals surface area contributed by atoms with Gasteiger partial charge in [0.1, 0.15) is 6.61 Å². The minimum atomic E-state index is -1.71. The zero-order valence-corrected chi connectivity index (χ0v) is 34.5. The summed E-state index contributed by atoms with van der Waals surface area (Å²) in [5.74, 6) is -1.57. The van der Waals surface area contributed by atoms with Crippen molar-refractivity contribution in [2.75, 3.05) is 159 Å². The first-order valence-electron chi connectivity index (χ1n) is 18.9. The average molecular weight is 793 g/mol. The number of hydrogen-bond donors (Lipinski definition) is 0. The van der Waals surface area contributed by atoms with Gasteiger partial charge < -0.3 is 61.3 Å². The Bertz CT molecular complexity index is 1010. The lowest BCUT2D eigenvalue weighted by Gasteiger charge is -2.36. The Hall–Kier alpha value is -1.90. The highest BCUT2D eigenvalue weighted by Gasteiger charge is 2.36. The number of benzene rings is 1. The van der Waals surface area contributed by atoms with E-state index in [1.54, 1.807) is 30.3 Å². The molecular formula is C38H68O15Si. The van der Waals surface area contributed by atoms with Gasteiger partial charge in [-0.05, 0) is 18.1 Å². The van der Waals surface area contributed by atoms with Crippen molar-refractivity contribution in [1.82, 2.24) is 0 Å². The van der Waals surface area contributed by atoms with Gasteiger partial charge >= 0.3 is 5.97 Å². The summed E-state index contributed by atoms with van der Waals surface area (Å²) in [5.41, 5.74) is 0.295. The van der Waals surface area contributed by atoms with Gasteiger partial charge in [0, 0.05) is 5.56 Å². The molecule has 16 heteroatoms. The summed E-state index contributed by atoms with van der Waals surface area (Å²) in [6.45, 7) is 22.1. The van der Waals surface area contributed by atoms with Crippen molar-refractivity contribution >= 4 is 20.1 Å². The number of hydrogen-bond acceptors (Lipinski definition) is 15. The van der Waals surface area contributed by atoms with E-state index in [1.165, 1.54) is 0 Å². The lowest BCUT2D eigenvalue weighted by Crippen LogP contribution is -2.41. The second-order valence-electron chi connectivity index (χ2n) is 13.2. The molecule has 0 N–H and O–H groups in total. The molecule has 0 saturated carbocycles. The topological polar surface area (TPSA) is 154 Å². The molecule has 0 radical (unpaired) electrons. The Morgan fingerprint density at radius 2 is 0.685 bits per heavy atom. The molecule has 15 nitrogen and oxygen atoms in total. The number of Topliss-reactive ketones (excluding diaryl/α,β-unsaturated/α-hetero) is 1. The maximum Gasteiger partial charge on any atom is 0.379 e. The van der Waals surface area contributed by atoms with E-state index in [-0.39, 0.29) is 18.3 Å². The quantitative estimate of drug-likeness (QED) is 0.0313. The van der Waals surface area contributed by atoms with Gasteiger partial charge in [0.15, 0.2) is 8.32 Å². The molecule has 0 unspecified atom stereocenters. The Morgan fingerprint density at radius 3 is 0.963 bits per heavy atom. The summed E-state index contributed by atoms with van der Waals surface area (Å²) < 4.78 is 71.3. The van der Waals surface area contributed by atoms with E-state index in [0.717, 1.165) is 0 Å². The molecule has 0 saturated heterocycles. The molecule has 54 heavy (non-hydrogen) atoms. The molecule has 1 aromatic rings. The second kappa shape index (κ2) is 34.4. The highest BCUT2D eigenvalue weighted by atomic mass is 28.4. The van der Waals surface area contributed by atoms with Crippen molar-refractivity contribution < 1.29 is 70.9 Å². The van der Waals surface area contributed by atoms with Gasteiger partial charge in [-0.15, -0.1) is 0 Å². The van der Waals surface area contributed by atoms with Gasteiger partial charge in [-0.2, -0.15) is 0 Å². The van der Waals surface area contributed by atoms with Crippen LogP contribution in [0.2, 0.25) is 18.1 Å². The first-order valence-corrected chi connectivity index (χ1v) is 21.8. The zero-order valence-electron chi connectivity index (χ0n) is 33.5. The van der Waals surface area contributed by atoms with Crippen LogP contribution in [0.3, 0.4) is 0 Å². The lowest BCUT2D eigenvalue weighted by molar-refractivity contribution is -0.139. The molecule has 0 spiro atoms. The summed E-state index contributed by atoms with van der Waals surface area (Å²) in [6, 6.07) is 8.26. The van der Waals surface area contributed by atoms with Crippen LogP contribution in [0.25, 0.3) is 0 Å². The standard InChI is InChI=1S/C38H68O15Si/c1-38(2,3)54(4,5)53-34-32-51-30-28-49-26-24-47-22-20-45-18-16-43-14-12-41-11-13-42-15-17-44-19-21-46-23-25-48-27-29-50-31-33-52-37(40)36(39)35-9-7-6-8-10-35/h6-10H,11-34H2,1-5H3. The number of ether oxygens (including phenoxy) is 12. The third-order valence-corrected chi connectivity index (χ3v) is 12.4. The van der Waals surface area contributed by atoms with E-state index in [4.69, 9.17) is 61.3 Å². The van der Waals surface area contributed by atoms with Gasteiger partial charge in [0.25, 0.3) is 5.78 Å². The van der Waals surface area contributed by atoms with Gasteiger partial charge in [-0.25, -0.2) is 4.79 Å². The molecule has 1 aromatic carbocycles. The minimum absolute atomic E-state index is 0.00404. The SMILES string of the molecule is CC(C)(C)[Si](C)(C)OCCOCCOCCOCCOCCOCCOCCOCCOCCOCCOCCOCCOC(=O)C(=O)c1ccccc1. The molecule has 0 heterocycles. The number of esters is 1. The largest absolute Gasteiger partial charge is 0.457 e. The van der Waals surface area contributed by atoms with Crippen molar-refractivity contribution in [1.29, 1.82) is 0 Å². The zero-order chi connectivity index (χ0) is 39.4. The molecule has 0 amide bonds. The molecule has 314 valence electrons. The highest BCUT2D eigenvalue weighted by Crippen LogP contribution is 2.36. The number of carbonyl (C=O) groups excluding carboxylic acids is 2. The summed E-state index contributed by atoms with van der Waals surface area (Å²) in [5, 5.41) is 0.209. The van der Waals surface area contributed by atoms with Crippen molar-refractivity contribution in [2.45, 2.75) is 38.9 Å². The van der Waals surface area contributed by atoms with Crippen molar-refractivity contribution in [2.24, 2.45) is 0 Å². The second-order valence-corrected chi connectivity index (χ2v) is 18.0. The summed E-state index contributed by atoms with van der Waals surface area (Å²) in [6.07, 6.45) is 0. The van der Waals surface area contributed by atoms with Crippen LogP contribution in [0.5, 0.6) is 0 Å². The molecule has 0 aromatic heterocycles. The molecular weight excluding hydrogens is 724 g/mol. The number of rotatable bonds is 39. The van der Waals surface area contributed by atoms with Gasteiger partial charge in [-0.3, -0.25) is 4.79 Å². The normalized spacial score (nSPS) is 12.0. The van der Waals surface area contributed by atoms with Crippen LogP contribution in [0.15, 0.2) is 30.3 Å². The Labute approximate surface area is 323 Å². The minimum Gasteiger partial charge on any atom is -0.457 e. The van der Waals surface area contributed by atoms with Gasteiger partial charge in [0.2, 0.25) is 0 Å². The summed E-state index contributed by atoms with van der Waals surface area (Å²) in [7, 11) is -1.71. The van der Waals surface area contributed by atoms with Crippen molar-refractivity contribution in [3.63, 3.8) is 0 Å². The molecule has 0 bridgehead atoms. The van der Waals surface area contributed by atoms with Crippen LogP contribution in [0.1, 0.15) is 31.1 Å². The Kier molecular flexibility index (Phi) is 31.9. The summed E-state index contributed by atoms with van der Waals surface area (Å²) in [4.78, 5) is 23.6. The lowest BCUT2D eigenvalue weighted by atomic mass is 10.1. The Morgan fingerprint density at radius 1 is 0.426 bits per heavy atom. The van der Waals surface area contributed by atoms with Gasteiger partial charge in [-0.1, -0.05) is 51.1 Å². The van der Waals surface area contributed by atoms with E-state index in [1.807, 2.05) is 0 Å². The maximum atomic E-state index is 11.9. The maximum absolute atomic E-state index is 11.9. The number of ketones is 1. The third kappa shape index (κ3) is 29.4. The molecule has 0 aliphatic rings. The van der Waals surface area contributed by atoms with Crippen LogP contribution in [0, 0.1) is 0 Å². The fourth-order valence-corrected chi connectivity index (χ4v) is 4.87. The van der Waals surface area contributed by atoms with Crippen molar-refractivity contribution in [3.8, 4) is 0 Å². The fourth-order valence-electron chi connectivity index (χ4n) is 3.84. The Balaban J connectivity index is 1.67. The van der Waals surface area contributed by atoms with E-state index in [9.17, 15) is 9.59 Å². The predicted octanol–water partition coefficient (Wildman–Crippen LogP) is 3.62. The average Bonchev–Trinajstić information content (AvgIpc) is 3.15. The van der Waals surface area contributed by atoms with E-state index >= 15 is 0 Å². The third-order valence-electron chi connectivity index (χ3n) is 7.90. The van der Waals surface area contributed by atoms with Crippen LogP contribution < -0.4 is 0 Å². The van der Waals surface area contributed by atoms with Crippen LogP contribution >= 0.6 is 0 Å². The molecule has 1 rings (SSSR count). The van der Waals surface area contributed by atoms with Crippen LogP contribution in [0.4, 0.5) is 0 Å². The number of carbonyl (C=O) groups is 2. The van der Waals surface area contributed by atoms with Crippen molar-refractivity contribution in [3.05, 3.63) is 35.9 Å². The first kappa shape index (κ1) is 50.1. The highest BCUT2D eigenvalue weighted by molar-refractivity contribution is 6.74. The smallest absolute Gasteiger partial charge is 0.379 e. The van der Waals surface area contributed by atoms with Crippen LogP contribution in [-0.4, -0.2) is 179 Å². The monoisotopic (exact) mass is 792 g/mol. The molecule has 0 atom stereocenters. The van der Waals surface area contributed by atoms with E-state index in [2.05, 4.69) is 33.9 Å². The fraction of sp³-hybridized carbons (Fsp3) is 0.789. The molecule has 0 aliphatic heterocycles. The summed E-state index contributed by atoms with van der Waals surface area (Å²) >= 11 is 0. The first-order chi connectivity index (χ1) is 26.1. The molecule has 0 fully saturated rings.